The van der Waals surface area contributed by atoms with Gasteiger partial charge in [0, 0.05) is 15.8 Å². The predicted molar refractivity (Wildman–Crippen MR) is 71.4 cm³/mol. The molecule has 1 aromatic carbocycles. The largest absolute Gasteiger partial charge is 0.326 e. The summed E-state index contributed by atoms with van der Waals surface area (Å²) in [7, 11) is 0. The molecule has 1 N–H and O–H groups in total. The van der Waals surface area contributed by atoms with Crippen LogP contribution in [0.3, 0.4) is 0 Å². The van der Waals surface area contributed by atoms with Gasteiger partial charge in [-0.1, -0.05) is 13.8 Å². The molecule has 1 aromatic rings. The summed E-state index contributed by atoms with van der Waals surface area (Å²) in [4.78, 5) is 23.3. The van der Waals surface area contributed by atoms with Crippen LogP contribution >= 0.6 is 11.8 Å². The number of thioether (sulfide) groups is 1. The molecule has 92 valence electrons. The number of benzene rings is 1. The lowest BCUT2D eigenvalue weighted by atomic mass is 10.2. The van der Waals surface area contributed by atoms with Crippen LogP contribution in [0.4, 0.5) is 5.69 Å². The SMILES string of the molecule is CC(=O)CC(=O)Nc1ccc(SC(C)C)cc1. The zero-order valence-corrected chi connectivity index (χ0v) is 11.1. The fraction of sp³-hybridized carbons (Fsp3) is 0.385. The molecular weight excluding hydrogens is 234 g/mol. The van der Waals surface area contributed by atoms with Gasteiger partial charge in [0.25, 0.3) is 0 Å². The monoisotopic (exact) mass is 251 g/mol. The molecule has 1 rings (SSSR count). The smallest absolute Gasteiger partial charge is 0.231 e. The first kappa shape index (κ1) is 13.8. The van der Waals surface area contributed by atoms with Crippen molar-refractivity contribution in [2.45, 2.75) is 37.3 Å². The van der Waals surface area contributed by atoms with Crippen LogP contribution in [-0.2, 0) is 9.59 Å². The minimum absolute atomic E-state index is 0.0670. The molecule has 0 atom stereocenters. The lowest BCUT2D eigenvalue weighted by molar-refractivity contribution is -0.124. The maximum absolute atomic E-state index is 11.3. The highest BCUT2D eigenvalue weighted by molar-refractivity contribution is 7.99. The van der Waals surface area contributed by atoms with Gasteiger partial charge < -0.3 is 5.32 Å². The second kappa shape index (κ2) is 6.45. The van der Waals surface area contributed by atoms with Crippen LogP contribution in [0.25, 0.3) is 0 Å². The van der Waals surface area contributed by atoms with Crippen molar-refractivity contribution in [3.05, 3.63) is 24.3 Å². The number of Topliss-reactive ketones (excluding diaryl/α,β-unsaturated/α-hetero) is 1. The Hall–Kier alpha value is -1.29. The fourth-order valence-corrected chi connectivity index (χ4v) is 2.16. The Morgan fingerprint density at radius 2 is 1.82 bits per heavy atom. The molecule has 17 heavy (non-hydrogen) atoms. The zero-order valence-electron chi connectivity index (χ0n) is 10.3. The molecule has 4 heteroatoms. The van der Waals surface area contributed by atoms with Crippen LogP contribution < -0.4 is 5.32 Å². The molecule has 0 spiro atoms. The lowest BCUT2D eigenvalue weighted by Gasteiger charge is -2.07. The molecule has 0 unspecified atom stereocenters. The third kappa shape index (κ3) is 5.54. The maximum atomic E-state index is 11.3. The van der Waals surface area contributed by atoms with Crippen LogP contribution in [-0.4, -0.2) is 16.9 Å². The minimum Gasteiger partial charge on any atom is -0.326 e. The van der Waals surface area contributed by atoms with E-state index >= 15 is 0 Å². The van der Waals surface area contributed by atoms with Crippen LogP contribution in [0.5, 0.6) is 0 Å². The Morgan fingerprint density at radius 1 is 1.24 bits per heavy atom. The molecule has 0 aliphatic rings. The van der Waals surface area contributed by atoms with E-state index in [0.29, 0.717) is 5.25 Å². The number of anilines is 1. The van der Waals surface area contributed by atoms with Gasteiger partial charge in [0.05, 0.1) is 6.42 Å². The number of rotatable bonds is 5. The normalized spacial score (nSPS) is 10.4. The van der Waals surface area contributed by atoms with Crippen LogP contribution in [0, 0.1) is 0 Å². The second-order valence-corrected chi connectivity index (χ2v) is 5.77. The molecule has 0 fully saturated rings. The highest BCUT2D eigenvalue weighted by Crippen LogP contribution is 2.24. The van der Waals surface area contributed by atoms with Crippen molar-refractivity contribution in [3.63, 3.8) is 0 Å². The van der Waals surface area contributed by atoms with E-state index in [2.05, 4.69) is 19.2 Å². The lowest BCUT2D eigenvalue weighted by Crippen LogP contribution is -2.14. The molecule has 3 nitrogen and oxygen atoms in total. The van der Waals surface area contributed by atoms with Crippen molar-refractivity contribution >= 4 is 29.1 Å². The van der Waals surface area contributed by atoms with E-state index in [9.17, 15) is 9.59 Å². The minimum atomic E-state index is -0.262. The number of hydrogen-bond acceptors (Lipinski definition) is 3. The number of carbonyl (C=O) groups is 2. The molecule has 0 aromatic heterocycles. The summed E-state index contributed by atoms with van der Waals surface area (Å²) in [5, 5.41) is 3.22. The summed E-state index contributed by atoms with van der Waals surface area (Å²) in [6.07, 6.45) is -0.0670. The molecule has 0 aliphatic heterocycles. The average molecular weight is 251 g/mol. The van der Waals surface area contributed by atoms with Crippen molar-refractivity contribution in [1.29, 1.82) is 0 Å². The highest BCUT2D eigenvalue weighted by atomic mass is 32.2. The van der Waals surface area contributed by atoms with E-state index in [1.807, 2.05) is 24.3 Å². The second-order valence-electron chi connectivity index (χ2n) is 4.12. The molecule has 0 heterocycles. The molecule has 0 aliphatic carbocycles. The summed E-state index contributed by atoms with van der Waals surface area (Å²) in [5.74, 6) is -0.392. The Morgan fingerprint density at radius 3 is 2.29 bits per heavy atom. The third-order valence-corrected chi connectivity index (χ3v) is 2.94. The summed E-state index contributed by atoms with van der Waals surface area (Å²) < 4.78 is 0. The number of amides is 1. The maximum Gasteiger partial charge on any atom is 0.231 e. The molecule has 1 amide bonds. The van der Waals surface area contributed by atoms with Gasteiger partial charge in [0.1, 0.15) is 5.78 Å². The van der Waals surface area contributed by atoms with E-state index in [-0.39, 0.29) is 18.1 Å². The molecule has 0 radical (unpaired) electrons. The topological polar surface area (TPSA) is 46.2 Å². The average Bonchev–Trinajstić information content (AvgIpc) is 2.18. The van der Waals surface area contributed by atoms with Gasteiger partial charge >= 0.3 is 0 Å². The van der Waals surface area contributed by atoms with E-state index in [0.717, 1.165) is 5.69 Å². The summed E-state index contributed by atoms with van der Waals surface area (Å²) in [5.41, 5.74) is 0.726. The van der Waals surface area contributed by atoms with Crippen LogP contribution in [0.2, 0.25) is 0 Å². The third-order valence-electron chi connectivity index (χ3n) is 1.92. The van der Waals surface area contributed by atoms with Gasteiger partial charge in [-0.3, -0.25) is 9.59 Å². The first-order chi connectivity index (χ1) is 7.97. The highest BCUT2D eigenvalue weighted by Gasteiger charge is 2.05. The van der Waals surface area contributed by atoms with Crippen molar-refractivity contribution < 1.29 is 9.59 Å². The standard InChI is InChI=1S/C13H17NO2S/c1-9(2)17-12-6-4-11(5-7-12)14-13(16)8-10(3)15/h4-7,9H,8H2,1-3H3,(H,14,16). The van der Waals surface area contributed by atoms with Gasteiger partial charge in [-0.15, -0.1) is 11.8 Å². The van der Waals surface area contributed by atoms with Crippen molar-refractivity contribution in [2.75, 3.05) is 5.32 Å². The van der Waals surface area contributed by atoms with Gasteiger partial charge in [-0.05, 0) is 31.2 Å². The summed E-state index contributed by atoms with van der Waals surface area (Å²) in [6, 6.07) is 7.63. The Bertz CT molecular complexity index is 398. The van der Waals surface area contributed by atoms with E-state index in [1.165, 1.54) is 11.8 Å². The van der Waals surface area contributed by atoms with Crippen molar-refractivity contribution in [1.82, 2.24) is 0 Å². The number of hydrogen-bond donors (Lipinski definition) is 1. The number of carbonyl (C=O) groups excluding carboxylic acids is 2. The Kier molecular flexibility index (Phi) is 5.22. The molecular formula is C13H17NO2S. The fourth-order valence-electron chi connectivity index (χ4n) is 1.32. The van der Waals surface area contributed by atoms with Crippen LogP contribution in [0.1, 0.15) is 27.2 Å². The number of nitrogens with one attached hydrogen (secondary N) is 1. The molecule has 0 saturated heterocycles. The Labute approximate surface area is 106 Å². The van der Waals surface area contributed by atoms with E-state index < -0.39 is 0 Å². The molecule has 0 bridgehead atoms. The van der Waals surface area contributed by atoms with Crippen molar-refractivity contribution in [2.24, 2.45) is 0 Å². The summed E-state index contributed by atoms with van der Waals surface area (Å²) in [6.45, 7) is 5.67. The number of ketones is 1. The van der Waals surface area contributed by atoms with Gasteiger partial charge in [-0.2, -0.15) is 0 Å². The summed E-state index contributed by atoms with van der Waals surface area (Å²) >= 11 is 1.77. The zero-order chi connectivity index (χ0) is 12.8. The first-order valence-corrected chi connectivity index (χ1v) is 6.41. The van der Waals surface area contributed by atoms with Crippen molar-refractivity contribution in [3.8, 4) is 0 Å². The van der Waals surface area contributed by atoms with Gasteiger partial charge in [0.15, 0.2) is 0 Å². The predicted octanol–water partition coefficient (Wildman–Crippen LogP) is 3.10. The molecule has 0 saturated carbocycles. The van der Waals surface area contributed by atoms with Crippen LogP contribution in [0.15, 0.2) is 29.2 Å². The first-order valence-electron chi connectivity index (χ1n) is 5.53. The quantitative estimate of drug-likeness (QED) is 0.646. The van der Waals surface area contributed by atoms with E-state index in [4.69, 9.17) is 0 Å². The van der Waals surface area contributed by atoms with Gasteiger partial charge in [0.2, 0.25) is 5.91 Å². The van der Waals surface area contributed by atoms with E-state index in [1.54, 1.807) is 11.8 Å². The van der Waals surface area contributed by atoms with Gasteiger partial charge in [-0.25, -0.2) is 0 Å². The Balaban J connectivity index is 2.56.